The zero-order valence-corrected chi connectivity index (χ0v) is 21.3. The number of carbonyl (C=O) groups is 2. The third kappa shape index (κ3) is 5.28. The molecule has 0 bridgehead atoms. The number of hydrogen-bond donors (Lipinski definition) is 4. The summed E-state index contributed by atoms with van der Waals surface area (Å²) < 4.78 is 32.5. The van der Waals surface area contributed by atoms with Crippen molar-refractivity contribution >= 4 is 17.4 Å². The Morgan fingerprint density at radius 2 is 1.38 bits per heavy atom. The lowest BCUT2D eigenvalue weighted by molar-refractivity contribution is -0.231. The Balaban J connectivity index is 1.38. The van der Waals surface area contributed by atoms with Gasteiger partial charge in [-0.25, -0.2) is 8.78 Å². The minimum Gasteiger partial charge on any atom is -0.394 e. The lowest BCUT2D eigenvalue weighted by atomic mass is 9.78. The number of carbonyl (C=O) groups excluding carboxylic acids is 2. The minimum absolute atomic E-state index is 0.0682. The van der Waals surface area contributed by atoms with E-state index in [0.717, 1.165) is 5.56 Å². The maximum Gasteiger partial charge on any atom is 0.233 e. The highest BCUT2D eigenvalue weighted by Crippen LogP contribution is 2.46. The van der Waals surface area contributed by atoms with Gasteiger partial charge >= 0.3 is 0 Å². The SMILES string of the molecule is O=C(CC[C@H]1C(=O)N(c2ccc(F)cc2)[C@@H]1c1ccc([C@@H]2O[C@H](CO)[C@@H](O)[C@H](O)[C@H]2O)cc1)c1ccc(F)cc1. The Labute approximate surface area is 229 Å². The lowest BCUT2D eigenvalue weighted by Gasteiger charge is -2.48. The summed E-state index contributed by atoms with van der Waals surface area (Å²) in [5, 5.41) is 40.2. The van der Waals surface area contributed by atoms with Crippen LogP contribution in [0.2, 0.25) is 0 Å². The largest absolute Gasteiger partial charge is 0.394 e. The normalized spacial score (nSPS) is 28.3. The second-order valence-corrected chi connectivity index (χ2v) is 10.1. The van der Waals surface area contributed by atoms with Gasteiger partial charge in [0.25, 0.3) is 0 Å². The first kappa shape index (κ1) is 28.0. The highest BCUT2D eigenvalue weighted by Gasteiger charge is 2.49. The standard InChI is InChI=1S/C30H29F2NO7/c31-19-7-5-16(6-8-19)23(35)14-13-22-25(33(30(22)39)21-11-9-20(32)10-12-21)17-1-3-18(4-2-17)29-28(38)27(37)26(36)24(15-34)40-29/h1-12,22,24-29,34,36-38H,13-15H2/t22-,24-,25-,26-,27+,28-,29+/m1/s1. The Hall–Kier alpha value is -3.54. The number of aliphatic hydroxyl groups is 4. The van der Waals surface area contributed by atoms with Crippen LogP contribution in [0.15, 0.2) is 72.8 Å². The van der Waals surface area contributed by atoms with Gasteiger partial charge in [-0.05, 0) is 66.1 Å². The molecule has 7 atom stereocenters. The van der Waals surface area contributed by atoms with Crippen molar-refractivity contribution in [1.82, 2.24) is 0 Å². The second-order valence-electron chi connectivity index (χ2n) is 10.1. The molecule has 0 radical (unpaired) electrons. The number of hydrogen-bond acceptors (Lipinski definition) is 7. The van der Waals surface area contributed by atoms with Crippen molar-refractivity contribution in [3.05, 3.63) is 101 Å². The van der Waals surface area contributed by atoms with E-state index in [-0.39, 0.29) is 24.5 Å². The number of benzene rings is 3. The summed E-state index contributed by atoms with van der Waals surface area (Å²) in [7, 11) is 0. The van der Waals surface area contributed by atoms with Gasteiger partial charge in [0.2, 0.25) is 5.91 Å². The van der Waals surface area contributed by atoms with Crippen LogP contribution in [0.4, 0.5) is 14.5 Å². The van der Waals surface area contributed by atoms with E-state index in [1.165, 1.54) is 53.4 Å². The van der Waals surface area contributed by atoms with E-state index in [2.05, 4.69) is 0 Å². The van der Waals surface area contributed by atoms with Crippen LogP contribution < -0.4 is 4.90 Å². The predicted octanol–water partition coefficient (Wildman–Crippen LogP) is 2.85. The van der Waals surface area contributed by atoms with Gasteiger partial charge in [-0.2, -0.15) is 0 Å². The van der Waals surface area contributed by atoms with Gasteiger partial charge in [-0.15, -0.1) is 0 Å². The fraction of sp³-hybridized carbons (Fsp3) is 0.333. The smallest absolute Gasteiger partial charge is 0.233 e. The van der Waals surface area contributed by atoms with Crippen LogP contribution in [-0.2, 0) is 9.53 Å². The summed E-state index contributed by atoms with van der Waals surface area (Å²) in [6.45, 7) is -0.547. The summed E-state index contributed by atoms with van der Waals surface area (Å²) in [5.74, 6) is -1.88. The molecule has 2 fully saturated rings. The fourth-order valence-electron chi connectivity index (χ4n) is 5.43. The van der Waals surface area contributed by atoms with E-state index in [9.17, 15) is 38.8 Å². The molecule has 5 rings (SSSR count). The van der Waals surface area contributed by atoms with E-state index in [1.807, 2.05) is 0 Å². The van der Waals surface area contributed by atoms with Gasteiger partial charge in [0, 0.05) is 17.7 Å². The molecular weight excluding hydrogens is 524 g/mol. The molecule has 2 saturated heterocycles. The van der Waals surface area contributed by atoms with E-state index < -0.39 is 60.7 Å². The highest BCUT2D eigenvalue weighted by atomic mass is 19.1. The third-order valence-electron chi connectivity index (χ3n) is 7.67. The van der Waals surface area contributed by atoms with E-state index in [4.69, 9.17) is 4.74 Å². The number of amides is 1. The number of halogens is 2. The summed E-state index contributed by atoms with van der Waals surface area (Å²) in [4.78, 5) is 27.5. The van der Waals surface area contributed by atoms with Crippen LogP contribution in [0.1, 0.15) is 46.5 Å². The molecule has 4 N–H and O–H groups in total. The van der Waals surface area contributed by atoms with Crippen LogP contribution in [0.5, 0.6) is 0 Å². The van der Waals surface area contributed by atoms with E-state index in [1.54, 1.807) is 24.3 Å². The zero-order valence-electron chi connectivity index (χ0n) is 21.3. The molecule has 210 valence electrons. The maximum absolute atomic E-state index is 13.6. The third-order valence-corrected chi connectivity index (χ3v) is 7.67. The second kappa shape index (κ2) is 11.5. The Kier molecular flexibility index (Phi) is 8.07. The number of nitrogens with zero attached hydrogens (tertiary/aromatic N) is 1. The maximum atomic E-state index is 13.6. The molecule has 1 amide bonds. The molecule has 0 unspecified atom stereocenters. The molecule has 2 aliphatic rings. The molecule has 0 aromatic heterocycles. The van der Waals surface area contributed by atoms with E-state index in [0.29, 0.717) is 16.8 Å². The van der Waals surface area contributed by atoms with Crippen LogP contribution in [-0.4, -0.2) is 63.1 Å². The molecule has 2 heterocycles. The zero-order chi connectivity index (χ0) is 28.6. The van der Waals surface area contributed by atoms with Crippen molar-refractivity contribution in [2.24, 2.45) is 5.92 Å². The number of β-lactam (4-membered cyclic amide) rings is 1. The lowest BCUT2D eigenvalue weighted by Crippen LogP contribution is -2.55. The average molecular weight is 554 g/mol. The highest BCUT2D eigenvalue weighted by molar-refractivity contribution is 6.04. The van der Waals surface area contributed by atoms with Crippen LogP contribution in [0, 0.1) is 17.6 Å². The number of ketones is 1. The quantitative estimate of drug-likeness (QED) is 0.250. The van der Waals surface area contributed by atoms with Gasteiger partial charge in [0.05, 0.1) is 18.6 Å². The molecule has 3 aromatic carbocycles. The van der Waals surface area contributed by atoms with Crippen LogP contribution in [0.25, 0.3) is 0 Å². The molecule has 0 saturated carbocycles. The summed E-state index contributed by atoms with van der Waals surface area (Å²) in [6, 6.07) is 17.1. The average Bonchev–Trinajstić information content (AvgIpc) is 2.96. The van der Waals surface area contributed by atoms with Crippen LogP contribution >= 0.6 is 0 Å². The van der Waals surface area contributed by atoms with Crippen molar-refractivity contribution in [3.8, 4) is 0 Å². The Morgan fingerprint density at radius 3 is 1.98 bits per heavy atom. The Morgan fingerprint density at radius 1 is 0.800 bits per heavy atom. The summed E-state index contributed by atoms with van der Waals surface area (Å²) >= 11 is 0. The van der Waals surface area contributed by atoms with Gasteiger partial charge in [-0.3, -0.25) is 9.59 Å². The van der Waals surface area contributed by atoms with Gasteiger partial charge in [0.1, 0.15) is 42.2 Å². The number of rotatable bonds is 8. The van der Waals surface area contributed by atoms with Crippen molar-refractivity contribution in [1.29, 1.82) is 0 Å². The van der Waals surface area contributed by atoms with E-state index >= 15 is 0 Å². The fourth-order valence-corrected chi connectivity index (χ4v) is 5.43. The van der Waals surface area contributed by atoms with Gasteiger partial charge in [-0.1, -0.05) is 24.3 Å². The van der Waals surface area contributed by atoms with Gasteiger partial charge < -0.3 is 30.1 Å². The molecular formula is C30H29F2NO7. The number of ether oxygens (including phenoxy) is 1. The first-order valence-corrected chi connectivity index (χ1v) is 13.0. The molecule has 0 spiro atoms. The van der Waals surface area contributed by atoms with Crippen molar-refractivity contribution in [2.45, 2.75) is 49.4 Å². The Bertz CT molecular complexity index is 1350. The topological polar surface area (TPSA) is 128 Å². The molecule has 0 aliphatic carbocycles. The molecule has 3 aromatic rings. The monoisotopic (exact) mass is 553 g/mol. The van der Waals surface area contributed by atoms with Crippen molar-refractivity contribution in [2.75, 3.05) is 11.5 Å². The number of anilines is 1. The number of aliphatic hydroxyl groups excluding tert-OH is 4. The summed E-state index contributed by atoms with van der Waals surface area (Å²) in [5.41, 5.74) is 2.05. The first-order chi connectivity index (χ1) is 19.2. The van der Waals surface area contributed by atoms with Crippen molar-refractivity contribution < 1.29 is 43.5 Å². The molecule has 2 aliphatic heterocycles. The predicted molar refractivity (Wildman–Crippen MR) is 139 cm³/mol. The minimum atomic E-state index is -1.52. The summed E-state index contributed by atoms with van der Waals surface area (Å²) in [6.07, 6.45) is -6.18. The van der Waals surface area contributed by atoms with Gasteiger partial charge in [0.15, 0.2) is 5.78 Å². The van der Waals surface area contributed by atoms with Crippen LogP contribution in [0.3, 0.4) is 0 Å². The molecule has 8 nitrogen and oxygen atoms in total. The molecule has 10 heteroatoms. The molecule has 40 heavy (non-hydrogen) atoms. The number of Topliss-reactive ketones (excluding diaryl/α,β-unsaturated/α-hetero) is 1. The first-order valence-electron chi connectivity index (χ1n) is 13.0. The van der Waals surface area contributed by atoms with Crippen molar-refractivity contribution in [3.63, 3.8) is 0 Å².